The van der Waals surface area contributed by atoms with Crippen LogP contribution >= 0.6 is 11.8 Å². The number of nitrogens with one attached hydrogen (secondary N) is 1. The Labute approximate surface area is 134 Å². The van der Waals surface area contributed by atoms with E-state index in [1.54, 1.807) is 4.68 Å². The van der Waals surface area contributed by atoms with Crippen molar-refractivity contribution in [3.63, 3.8) is 0 Å². The number of carbonyl (C=O) groups excluding carboxylic acids is 1. The fourth-order valence-corrected chi connectivity index (χ4v) is 2.99. The largest absolute Gasteiger partial charge is 0.351 e. The van der Waals surface area contributed by atoms with Gasteiger partial charge < -0.3 is 5.32 Å². The van der Waals surface area contributed by atoms with Crippen LogP contribution in [0.25, 0.3) is 0 Å². The topological polar surface area (TPSA) is 72.7 Å². The Morgan fingerprint density at radius 2 is 2.05 bits per heavy atom. The average molecular weight is 319 g/mol. The number of nitrogens with zero attached hydrogens (tertiary/aromatic N) is 4. The Hall–Kier alpha value is -1.89. The standard InChI is InChI=1S/C15H21N5OS/c1-4-13(22-15-17-18-19-20(15)11(2)3)14(21)16-10-12-8-6-5-7-9-12/h5-9,11,13H,4,10H2,1-3H3,(H,16,21)/t13-/m0/s1. The molecule has 2 rings (SSSR count). The van der Waals surface area contributed by atoms with Crippen molar-refractivity contribution in [3.8, 4) is 0 Å². The van der Waals surface area contributed by atoms with Gasteiger partial charge in [-0.1, -0.05) is 49.0 Å². The SMILES string of the molecule is CC[C@H](Sc1nnnn1C(C)C)C(=O)NCc1ccccc1. The zero-order valence-corrected chi connectivity index (χ0v) is 13.9. The number of hydrogen-bond acceptors (Lipinski definition) is 5. The number of tetrazole rings is 1. The highest BCUT2D eigenvalue weighted by molar-refractivity contribution is 8.00. The van der Waals surface area contributed by atoms with E-state index in [2.05, 4.69) is 20.8 Å². The maximum atomic E-state index is 12.3. The van der Waals surface area contributed by atoms with Crippen LogP contribution in [0.1, 0.15) is 38.8 Å². The molecule has 0 spiro atoms. The van der Waals surface area contributed by atoms with E-state index in [9.17, 15) is 4.79 Å². The van der Waals surface area contributed by atoms with Crippen LogP contribution in [0.2, 0.25) is 0 Å². The summed E-state index contributed by atoms with van der Waals surface area (Å²) in [5.74, 6) is 0.00894. The molecule has 0 aliphatic rings. The zero-order chi connectivity index (χ0) is 15.9. The first-order valence-corrected chi connectivity index (χ1v) is 8.26. The third kappa shape index (κ3) is 4.30. The van der Waals surface area contributed by atoms with Gasteiger partial charge in [0.05, 0.1) is 11.3 Å². The molecule has 1 N–H and O–H groups in total. The lowest BCUT2D eigenvalue weighted by Crippen LogP contribution is -2.32. The lowest BCUT2D eigenvalue weighted by molar-refractivity contribution is -0.120. The van der Waals surface area contributed by atoms with Crippen molar-refractivity contribution >= 4 is 17.7 Å². The van der Waals surface area contributed by atoms with Crippen LogP contribution in [-0.2, 0) is 11.3 Å². The van der Waals surface area contributed by atoms with Gasteiger partial charge in [0.25, 0.3) is 0 Å². The molecule has 7 heteroatoms. The lowest BCUT2D eigenvalue weighted by Gasteiger charge is -2.15. The third-order valence-corrected chi connectivity index (χ3v) is 4.48. The van der Waals surface area contributed by atoms with Crippen molar-refractivity contribution in [1.29, 1.82) is 0 Å². The van der Waals surface area contributed by atoms with Gasteiger partial charge in [-0.15, -0.1) is 5.10 Å². The summed E-state index contributed by atoms with van der Waals surface area (Å²) in [5, 5.41) is 15.1. The first-order valence-electron chi connectivity index (χ1n) is 7.38. The minimum Gasteiger partial charge on any atom is -0.351 e. The molecule has 0 aliphatic carbocycles. The van der Waals surface area contributed by atoms with E-state index in [0.29, 0.717) is 11.7 Å². The highest BCUT2D eigenvalue weighted by Gasteiger charge is 2.21. The van der Waals surface area contributed by atoms with E-state index in [1.165, 1.54) is 11.8 Å². The summed E-state index contributed by atoms with van der Waals surface area (Å²) in [7, 11) is 0. The lowest BCUT2D eigenvalue weighted by atomic mass is 10.2. The van der Waals surface area contributed by atoms with Crippen LogP contribution in [0.3, 0.4) is 0 Å². The molecule has 2 aromatic rings. The predicted octanol–water partition coefficient (Wildman–Crippen LogP) is 2.44. The molecule has 1 aromatic heterocycles. The van der Waals surface area contributed by atoms with Gasteiger partial charge in [0.15, 0.2) is 0 Å². The fourth-order valence-electron chi connectivity index (χ4n) is 1.94. The van der Waals surface area contributed by atoms with Gasteiger partial charge >= 0.3 is 0 Å². The van der Waals surface area contributed by atoms with Crippen molar-refractivity contribution in [2.75, 3.05) is 0 Å². The number of rotatable bonds is 7. The minimum atomic E-state index is -0.202. The van der Waals surface area contributed by atoms with Gasteiger partial charge in [-0.25, -0.2) is 4.68 Å². The molecule has 1 amide bonds. The molecule has 0 radical (unpaired) electrons. The molecule has 0 saturated carbocycles. The molecule has 6 nitrogen and oxygen atoms in total. The summed E-state index contributed by atoms with van der Waals surface area (Å²) in [4.78, 5) is 12.3. The Bertz CT molecular complexity index is 599. The third-order valence-electron chi connectivity index (χ3n) is 3.17. The summed E-state index contributed by atoms with van der Waals surface area (Å²) in [6.07, 6.45) is 0.718. The highest BCUT2D eigenvalue weighted by Crippen LogP contribution is 2.24. The number of thioether (sulfide) groups is 1. The molecule has 22 heavy (non-hydrogen) atoms. The van der Waals surface area contributed by atoms with Gasteiger partial charge in [0.1, 0.15) is 0 Å². The van der Waals surface area contributed by atoms with E-state index in [1.807, 2.05) is 51.1 Å². The van der Waals surface area contributed by atoms with E-state index >= 15 is 0 Å². The van der Waals surface area contributed by atoms with Crippen LogP contribution < -0.4 is 5.32 Å². The normalized spacial score (nSPS) is 12.4. The first kappa shape index (κ1) is 16.5. The number of aromatic nitrogens is 4. The molecular weight excluding hydrogens is 298 g/mol. The van der Waals surface area contributed by atoms with Crippen LogP contribution in [0.5, 0.6) is 0 Å². The minimum absolute atomic E-state index is 0.00894. The molecule has 118 valence electrons. The smallest absolute Gasteiger partial charge is 0.233 e. The molecular formula is C15H21N5OS. The Kier molecular flexibility index (Phi) is 5.94. The Morgan fingerprint density at radius 1 is 1.32 bits per heavy atom. The second-order valence-corrected chi connectivity index (χ2v) is 6.39. The molecule has 0 unspecified atom stereocenters. The predicted molar refractivity (Wildman–Crippen MR) is 86.4 cm³/mol. The van der Waals surface area contributed by atoms with Crippen molar-refractivity contribution in [1.82, 2.24) is 25.5 Å². The fraction of sp³-hybridized carbons (Fsp3) is 0.467. The van der Waals surface area contributed by atoms with Crippen molar-refractivity contribution in [2.24, 2.45) is 0 Å². The van der Waals surface area contributed by atoms with Crippen molar-refractivity contribution in [2.45, 2.75) is 50.2 Å². The Morgan fingerprint density at radius 3 is 2.68 bits per heavy atom. The van der Waals surface area contributed by atoms with Crippen LogP contribution in [-0.4, -0.2) is 31.4 Å². The van der Waals surface area contributed by atoms with Gasteiger partial charge in [0, 0.05) is 6.54 Å². The first-order chi connectivity index (χ1) is 10.6. The van der Waals surface area contributed by atoms with Crippen LogP contribution in [0.15, 0.2) is 35.5 Å². The van der Waals surface area contributed by atoms with Gasteiger partial charge in [0.2, 0.25) is 11.1 Å². The zero-order valence-electron chi connectivity index (χ0n) is 13.1. The molecule has 1 atom stereocenters. The van der Waals surface area contributed by atoms with Crippen molar-refractivity contribution < 1.29 is 4.79 Å². The second-order valence-electron chi connectivity index (χ2n) is 5.22. The summed E-state index contributed by atoms with van der Waals surface area (Å²) in [5.41, 5.74) is 1.09. The molecule has 1 aromatic carbocycles. The maximum absolute atomic E-state index is 12.3. The monoisotopic (exact) mass is 319 g/mol. The van der Waals surface area contributed by atoms with Crippen molar-refractivity contribution in [3.05, 3.63) is 35.9 Å². The summed E-state index contributed by atoms with van der Waals surface area (Å²) in [6, 6.07) is 10.0. The summed E-state index contributed by atoms with van der Waals surface area (Å²) < 4.78 is 1.73. The number of hydrogen-bond donors (Lipinski definition) is 1. The quantitative estimate of drug-likeness (QED) is 0.794. The van der Waals surface area contributed by atoms with Crippen LogP contribution in [0.4, 0.5) is 0 Å². The Balaban J connectivity index is 1.95. The second kappa shape index (κ2) is 7.93. The summed E-state index contributed by atoms with van der Waals surface area (Å²) in [6.45, 7) is 6.54. The van der Waals surface area contributed by atoms with E-state index < -0.39 is 0 Å². The van der Waals surface area contributed by atoms with E-state index in [0.717, 1.165) is 12.0 Å². The molecule has 0 aliphatic heterocycles. The molecule has 0 saturated heterocycles. The average Bonchev–Trinajstić information content (AvgIpc) is 2.99. The van der Waals surface area contributed by atoms with Gasteiger partial charge in [-0.05, 0) is 36.3 Å². The van der Waals surface area contributed by atoms with E-state index in [4.69, 9.17) is 0 Å². The van der Waals surface area contributed by atoms with Crippen LogP contribution in [0, 0.1) is 0 Å². The number of benzene rings is 1. The number of carbonyl (C=O) groups is 1. The maximum Gasteiger partial charge on any atom is 0.233 e. The highest BCUT2D eigenvalue weighted by atomic mass is 32.2. The molecule has 0 fully saturated rings. The van der Waals surface area contributed by atoms with E-state index in [-0.39, 0.29) is 17.2 Å². The molecule has 0 bridgehead atoms. The summed E-state index contributed by atoms with van der Waals surface area (Å²) >= 11 is 1.41. The van der Waals surface area contributed by atoms with Gasteiger partial charge in [-0.2, -0.15) is 0 Å². The molecule has 1 heterocycles. The van der Waals surface area contributed by atoms with Gasteiger partial charge in [-0.3, -0.25) is 4.79 Å². The number of amides is 1.